The summed E-state index contributed by atoms with van der Waals surface area (Å²) in [7, 11) is 1.52. The van der Waals surface area contributed by atoms with E-state index in [2.05, 4.69) is 9.88 Å². The normalized spacial score (nSPS) is 23.1. The lowest BCUT2D eigenvalue weighted by molar-refractivity contribution is -0.146. The molecule has 1 amide bonds. The molecule has 1 aromatic heterocycles. The summed E-state index contributed by atoms with van der Waals surface area (Å²) in [4.78, 5) is 32.9. The highest BCUT2D eigenvalue weighted by Gasteiger charge is 2.41. The number of aliphatic hydroxyl groups excluding tert-OH is 1. The van der Waals surface area contributed by atoms with E-state index in [1.54, 1.807) is 23.1 Å². The molecule has 8 nitrogen and oxygen atoms in total. The van der Waals surface area contributed by atoms with E-state index in [0.29, 0.717) is 55.5 Å². The summed E-state index contributed by atoms with van der Waals surface area (Å²) in [5.41, 5.74) is 1.56. The maximum absolute atomic E-state index is 14.8. The van der Waals surface area contributed by atoms with Gasteiger partial charge in [-0.25, -0.2) is 4.39 Å². The van der Waals surface area contributed by atoms with Crippen LogP contribution in [-0.2, 0) is 9.59 Å². The molecule has 0 spiro atoms. The van der Waals surface area contributed by atoms with Gasteiger partial charge >= 0.3 is 5.97 Å². The van der Waals surface area contributed by atoms with Gasteiger partial charge < -0.3 is 19.8 Å². The van der Waals surface area contributed by atoms with Crippen molar-refractivity contribution in [2.75, 3.05) is 31.6 Å². The molecule has 0 aliphatic carbocycles. The molecule has 2 fully saturated rings. The van der Waals surface area contributed by atoms with Gasteiger partial charge in [-0.1, -0.05) is 18.2 Å². The topological polar surface area (TPSA) is 103 Å². The average molecular weight is 522 g/mol. The largest absolute Gasteiger partial charge is 0.497 e. The van der Waals surface area contributed by atoms with Crippen LogP contribution in [0.3, 0.4) is 0 Å². The lowest BCUT2D eigenvalue weighted by Gasteiger charge is -2.39. The van der Waals surface area contributed by atoms with Crippen molar-refractivity contribution >= 4 is 28.5 Å². The van der Waals surface area contributed by atoms with Crippen molar-refractivity contribution in [3.8, 4) is 5.75 Å². The smallest absolute Gasteiger partial charge is 0.308 e. The summed E-state index contributed by atoms with van der Waals surface area (Å²) in [6.45, 7) is 1.56. The Labute approximate surface area is 220 Å². The Balaban J connectivity index is 1.25. The first kappa shape index (κ1) is 26.1. The van der Waals surface area contributed by atoms with Crippen LogP contribution in [0.15, 0.2) is 54.7 Å². The molecule has 5 rings (SSSR count). The monoisotopic (exact) mass is 521 g/mol. The zero-order valence-electron chi connectivity index (χ0n) is 21.3. The molecular formula is C29H32FN3O5. The predicted octanol–water partition coefficient (Wildman–Crippen LogP) is 4.02. The van der Waals surface area contributed by atoms with Crippen LogP contribution in [0.25, 0.3) is 10.9 Å². The number of aliphatic carboxylic acids is 1. The Morgan fingerprint density at radius 2 is 2.00 bits per heavy atom. The third kappa shape index (κ3) is 5.21. The van der Waals surface area contributed by atoms with Gasteiger partial charge in [-0.3, -0.25) is 19.5 Å². The number of hydrogen-bond donors (Lipinski definition) is 2. The number of fused-ring (bicyclic) bond motifs is 1. The molecule has 0 radical (unpaired) electrons. The van der Waals surface area contributed by atoms with Crippen molar-refractivity contribution in [3.05, 3.63) is 66.1 Å². The lowest BCUT2D eigenvalue weighted by Crippen LogP contribution is -2.49. The number of pyridine rings is 1. The van der Waals surface area contributed by atoms with Gasteiger partial charge in [0.15, 0.2) is 0 Å². The third-order valence-electron chi connectivity index (χ3n) is 8.01. The van der Waals surface area contributed by atoms with Gasteiger partial charge in [-0.15, -0.1) is 0 Å². The van der Waals surface area contributed by atoms with Crippen molar-refractivity contribution in [2.45, 2.75) is 37.8 Å². The number of para-hydroxylation sites is 1. The molecule has 2 N–H and O–H groups in total. The van der Waals surface area contributed by atoms with Crippen LogP contribution in [0, 0.1) is 17.7 Å². The maximum atomic E-state index is 14.8. The Bertz CT molecular complexity index is 1320. The van der Waals surface area contributed by atoms with Gasteiger partial charge in [-0.2, -0.15) is 0 Å². The molecule has 0 bridgehead atoms. The molecule has 38 heavy (non-hydrogen) atoms. The molecule has 2 aliphatic rings. The van der Waals surface area contributed by atoms with Crippen LogP contribution < -0.4 is 9.64 Å². The first-order valence-corrected chi connectivity index (χ1v) is 13.0. The number of hydrogen-bond acceptors (Lipinski definition) is 6. The summed E-state index contributed by atoms with van der Waals surface area (Å²) in [5, 5.41) is 21.5. The van der Waals surface area contributed by atoms with Crippen LogP contribution in [0.4, 0.5) is 10.1 Å². The molecular weight excluding hydrogens is 489 g/mol. The molecule has 2 saturated heterocycles. The number of carboxylic acids is 1. The number of piperidine rings is 1. The lowest BCUT2D eigenvalue weighted by atomic mass is 9.80. The molecule has 3 heterocycles. The quantitative estimate of drug-likeness (QED) is 0.461. The zero-order valence-corrected chi connectivity index (χ0v) is 21.3. The number of amides is 1. The van der Waals surface area contributed by atoms with E-state index in [-0.39, 0.29) is 29.9 Å². The Morgan fingerprint density at radius 3 is 2.74 bits per heavy atom. The predicted molar refractivity (Wildman–Crippen MR) is 140 cm³/mol. The number of benzene rings is 2. The number of rotatable bonds is 8. The van der Waals surface area contributed by atoms with Gasteiger partial charge in [-0.05, 0) is 62.1 Å². The number of nitrogens with zero attached hydrogens (tertiary/aromatic N) is 3. The van der Waals surface area contributed by atoms with Crippen molar-refractivity contribution in [1.29, 1.82) is 0 Å². The van der Waals surface area contributed by atoms with Gasteiger partial charge in [0.1, 0.15) is 11.6 Å². The fourth-order valence-electron chi connectivity index (χ4n) is 5.92. The second-order valence-corrected chi connectivity index (χ2v) is 10.2. The number of anilines is 1. The van der Waals surface area contributed by atoms with E-state index in [0.717, 1.165) is 11.9 Å². The SMILES string of the molecule is COc1ccc2ncc(F)c([C@@H](O)CC[C@@H]3CCN(C4CC(=O)N(c5ccccc5)C4)C[C@@H]3C(=O)O)c2c1. The number of ether oxygens (including phenoxy) is 1. The second-order valence-electron chi connectivity index (χ2n) is 10.2. The molecule has 3 aromatic rings. The number of aromatic nitrogens is 1. The molecule has 0 saturated carbocycles. The molecule has 2 aromatic carbocycles. The van der Waals surface area contributed by atoms with Gasteiger partial charge in [0.2, 0.25) is 5.91 Å². The fraction of sp³-hybridized carbons (Fsp3) is 0.414. The number of carbonyl (C=O) groups excluding carboxylic acids is 1. The standard InChI is InChI=1S/C29H32FN3O5/c1-38-21-8-9-25-22(14-21)28(24(30)15-31-25)26(34)10-7-18-11-12-32(17-23(18)29(36)37)20-13-27(35)33(16-20)19-5-3-2-4-6-19/h2-6,8-9,14-15,18,20,23,26,34H,7,10-13,16-17H2,1H3,(H,36,37)/t18-,20?,23+,26+/m1/s1. The molecule has 4 atom stereocenters. The minimum atomic E-state index is -1.10. The number of likely N-dealkylation sites (tertiary alicyclic amines) is 1. The van der Waals surface area contributed by atoms with Gasteiger partial charge in [0.05, 0.1) is 30.8 Å². The van der Waals surface area contributed by atoms with Crippen molar-refractivity contribution < 1.29 is 28.9 Å². The van der Waals surface area contributed by atoms with Crippen LogP contribution in [0.5, 0.6) is 5.75 Å². The van der Waals surface area contributed by atoms with Crippen LogP contribution in [-0.4, -0.2) is 64.8 Å². The Morgan fingerprint density at radius 1 is 1.21 bits per heavy atom. The van der Waals surface area contributed by atoms with E-state index >= 15 is 0 Å². The van der Waals surface area contributed by atoms with E-state index in [1.165, 1.54) is 7.11 Å². The number of methoxy groups -OCH3 is 1. The molecule has 9 heteroatoms. The van der Waals surface area contributed by atoms with Crippen molar-refractivity contribution in [2.24, 2.45) is 11.8 Å². The van der Waals surface area contributed by atoms with Crippen LogP contribution in [0.2, 0.25) is 0 Å². The van der Waals surface area contributed by atoms with Gasteiger partial charge in [0, 0.05) is 42.2 Å². The molecule has 1 unspecified atom stereocenters. The van der Waals surface area contributed by atoms with E-state index in [9.17, 15) is 24.2 Å². The van der Waals surface area contributed by atoms with E-state index < -0.39 is 23.8 Å². The molecule has 2 aliphatic heterocycles. The first-order chi connectivity index (χ1) is 18.4. The highest BCUT2D eigenvalue weighted by Crippen LogP contribution is 2.36. The summed E-state index contributed by atoms with van der Waals surface area (Å²) < 4.78 is 20.0. The summed E-state index contributed by atoms with van der Waals surface area (Å²) in [5.74, 6) is -1.70. The fourth-order valence-corrected chi connectivity index (χ4v) is 5.92. The number of carbonyl (C=O) groups is 2. The number of halogens is 1. The first-order valence-electron chi connectivity index (χ1n) is 13.0. The molecule has 200 valence electrons. The maximum Gasteiger partial charge on any atom is 0.308 e. The Kier molecular flexibility index (Phi) is 7.58. The third-order valence-corrected chi connectivity index (χ3v) is 8.01. The summed E-state index contributed by atoms with van der Waals surface area (Å²) in [6, 6.07) is 14.6. The van der Waals surface area contributed by atoms with E-state index in [4.69, 9.17) is 4.74 Å². The highest BCUT2D eigenvalue weighted by molar-refractivity contribution is 5.96. The minimum absolute atomic E-state index is 0.0386. The second kappa shape index (κ2) is 11.0. The zero-order chi connectivity index (χ0) is 26.8. The summed E-state index contributed by atoms with van der Waals surface area (Å²) >= 11 is 0. The Hall–Kier alpha value is -3.56. The number of carboxylic acid groups (broad SMARTS) is 1. The number of aliphatic hydroxyl groups is 1. The van der Waals surface area contributed by atoms with Crippen LogP contribution >= 0.6 is 0 Å². The van der Waals surface area contributed by atoms with Crippen molar-refractivity contribution in [1.82, 2.24) is 9.88 Å². The average Bonchev–Trinajstić information content (AvgIpc) is 3.33. The van der Waals surface area contributed by atoms with E-state index in [1.807, 2.05) is 30.3 Å². The van der Waals surface area contributed by atoms with Crippen molar-refractivity contribution in [3.63, 3.8) is 0 Å². The van der Waals surface area contributed by atoms with Gasteiger partial charge in [0.25, 0.3) is 0 Å². The van der Waals surface area contributed by atoms with Crippen LogP contribution in [0.1, 0.15) is 37.4 Å². The summed E-state index contributed by atoms with van der Waals surface area (Å²) in [6.07, 6.45) is 1.67. The minimum Gasteiger partial charge on any atom is -0.497 e. The highest BCUT2D eigenvalue weighted by atomic mass is 19.1.